The number of rotatable bonds is 3. The number of carbonyl (C=O) groups is 1. The van der Waals surface area contributed by atoms with Crippen LogP contribution in [0.3, 0.4) is 0 Å². The van der Waals surface area contributed by atoms with Crippen LogP contribution in [0.1, 0.15) is 54.4 Å². The zero-order chi connectivity index (χ0) is 14.4. The Balaban J connectivity index is 2.33. The average Bonchev–Trinajstić information content (AvgIpc) is 2.37. The number of hydrogen-bond acceptors (Lipinski definition) is 1. The molecule has 0 aromatic carbocycles. The van der Waals surface area contributed by atoms with Crippen molar-refractivity contribution in [2.75, 3.05) is 0 Å². The predicted octanol–water partition coefficient (Wildman–Crippen LogP) is 4.79. The summed E-state index contributed by atoms with van der Waals surface area (Å²) in [6.07, 6.45) is 8.90. The lowest BCUT2D eigenvalue weighted by molar-refractivity contribution is -0.115. The molecule has 0 spiro atoms. The SMILES string of the molecule is CCC(=O)C(C)=CC1CC2C=CC1(C)C(C)C2(C)C. The highest BCUT2D eigenvalue weighted by molar-refractivity contribution is 5.94. The van der Waals surface area contributed by atoms with Gasteiger partial charge in [-0.05, 0) is 47.5 Å². The summed E-state index contributed by atoms with van der Waals surface area (Å²) in [5.74, 6) is 2.10. The van der Waals surface area contributed by atoms with Crippen molar-refractivity contribution < 1.29 is 4.79 Å². The molecule has 0 saturated heterocycles. The van der Waals surface area contributed by atoms with Crippen molar-refractivity contribution in [3.63, 3.8) is 0 Å². The van der Waals surface area contributed by atoms with Crippen LogP contribution in [0.4, 0.5) is 0 Å². The van der Waals surface area contributed by atoms with Crippen LogP contribution in [0.15, 0.2) is 23.8 Å². The Morgan fingerprint density at radius 2 is 2.00 bits per heavy atom. The van der Waals surface area contributed by atoms with Gasteiger partial charge in [0.2, 0.25) is 0 Å². The Morgan fingerprint density at radius 1 is 1.37 bits per heavy atom. The predicted molar refractivity (Wildman–Crippen MR) is 80.8 cm³/mol. The lowest BCUT2D eigenvalue weighted by atomic mass is 9.45. The van der Waals surface area contributed by atoms with Crippen molar-refractivity contribution in [3.05, 3.63) is 23.8 Å². The van der Waals surface area contributed by atoms with E-state index in [1.807, 2.05) is 13.8 Å². The molecule has 3 rings (SSSR count). The molecule has 1 heteroatoms. The van der Waals surface area contributed by atoms with E-state index in [1.54, 1.807) is 0 Å². The minimum absolute atomic E-state index is 0.202. The topological polar surface area (TPSA) is 17.1 Å². The molecule has 1 nitrogen and oxygen atoms in total. The summed E-state index contributed by atoms with van der Waals surface area (Å²) in [5.41, 5.74) is 1.53. The van der Waals surface area contributed by atoms with E-state index in [9.17, 15) is 4.79 Å². The maximum absolute atomic E-state index is 11.8. The van der Waals surface area contributed by atoms with Gasteiger partial charge in [0.05, 0.1) is 0 Å². The van der Waals surface area contributed by atoms with Gasteiger partial charge in [-0.3, -0.25) is 4.79 Å². The third-order valence-electron chi connectivity index (χ3n) is 6.21. The van der Waals surface area contributed by atoms with Crippen LogP contribution in [0.2, 0.25) is 0 Å². The Labute approximate surface area is 118 Å². The molecule has 0 heterocycles. The van der Waals surface area contributed by atoms with Gasteiger partial charge in [0.15, 0.2) is 5.78 Å². The van der Waals surface area contributed by atoms with Gasteiger partial charge in [0.1, 0.15) is 0 Å². The lowest BCUT2D eigenvalue weighted by Gasteiger charge is -2.59. The van der Waals surface area contributed by atoms with Gasteiger partial charge in [-0.25, -0.2) is 0 Å². The highest BCUT2D eigenvalue weighted by Gasteiger charge is 2.54. The van der Waals surface area contributed by atoms with E-state index in [4.69, 9.17) is 0 Å². The highest BCUT2D eigenvalue weighted by atomic mass is 16.1. The molecule has 4 unspecified atom stereocenters. The summed E-state index contributed by atoms with van der Waals surface area (Å²) in [7, 11) is 0. The summed E-state index contributed by atoms with van der Waals surface area (Å²) < 4.78 is 0. The average molecular weight is 260 g/mol. The first-order valence-corrected chi connectivity index (χ1v) is 7.64. The normalized spacial score (nSPS) is 40.5. The molecule has 0 aromatic heterocycles. The number of fused-ring (bicyclic) bond motifs is 2. The molecule has 2 bridgehead atoms. The van der Waals surface area contributed by atoms with Crippen LogP contribution in [0.5, 0.6) is 0 Å². The molecule has 0 radical (unpaired) electrons. The molecule has 19 heavy (non-hydrogen) atoms. The number of ketones is 1. The fourth-order valence-electron chi connectivity index (χ4n) is 4.11. The molecule has 0 aromatic rings. The van der Waals surface area contributed by atoms with E-state index in [0.29, 0.717) is 35.4 Å². The van der Waals surface area contributed by atoms with Gasteiger partial charge < -0.3 is 0 Å². The van der Waals surface area contributed by atoms with Gasteiger partial charge in [-0.1, -0.05) is 52.8 Å². The van der Waals surface area contributed by atoms with E-state index in [-0.39, 0.29) is 5.41 Å². The molecular weight excluding hydrogens is 232 g/mol. The van der Waals surface area contributed by atoms with Crippen molar-refractivity contribution in [2.24, 2.45) is 28.6 Å². The minimum Gasteiger partial charge on any atom is -0.295 e. The van der Waals surface area contributed by atoms with Crippen molar-refractivity contribution >= 4 is 5.78 Å². The highest BCUT2D eigenvalue weighted by Crippen LogP contribution is 2.61. The Kier molecular flexibility index (Phi) is 3.53. The Hall–Kier alpha value is -0.850. The molecule has 0 amide bonds. The maximum atomic E-state index is 11.8. The standard InChI is InChI=1S/C18H28O/c1-7-16(19)12(2)10-15-11-14-8-9-18(15,6)13(3)17(14,4)5/h8-10,13-15H,7,11H2,1-6H3. The first-order chi connectivity index (χ1) is 8.73. The molecule has 0 aliphatic heterocycles. The van der Waals surface area contributed by atoms with Crippen molar-refractivity contribution in [1.82, 2.24) is 0 Å². The lowest BCUT2D eigenvalue weighted by Crippen LogP contribution is -2.52. The van der Waals surface area contributed by atoms with Crippen LogP contribution in [0.25, 0.3) is 0 Å². The molecule has 3 aliphatic rings. The number of allylic oxidation sites excluding steroid dienone is 4. The van der Waals surface area contributed by atoms with E-state index in [2.05, 4.69) is 45.9 Å². The largest absolute Gasteiger partial charge is 0.295 e. The second kappa shape index (κ2) is 4.61. The second-order valence-corrected chi connectivity index (χ2v) is 7.34. The van der Waals surface area contributed by atoms with Crippen molar-refractivity contribution in [3.8, 4) is 0 Å². The number of carbonyl (C=O) groups excluding carboxylic acids is 1. The molecule has 4 atom stereocenters. The molecule has 0 N–H and O–H groups in total. The summed E-state index contributed by atoms with van der Waals surface area (Å²) in [6.45, 7) is 13.5. The van der Waals surface area contributed by atoms with Crippen LogP contribution < -0.4 is 0 Å². The number of Topliss-reactive ketones (excluding diaryl/α,β-unsaturated/α-hetero) is 1. The molecule has 106 valence electrons. The van der Waals surface area contributed by atoms with E-state index >= 15 is 0 Å². The fraction of sp³-hybridized carbons (Fsp3) is 0.722. The van der Waals surface area contributed by atoms with Crippen LogP contribution >= 0.6 is 0 Å². The summed E-state index contributed by atoms with van der Waals surface area (Å²) >= 11 is 0. The minimum atomic E-state index is 0.202. The van der Waals surface area contributed by atoms with Gasteiger partial charge >= 0.3 is 0 Å². The first kappa shape index (κ1) is 14.6. The van der Waals surface area contributed by atoms with E-state index in [0.717, 1.165) is 5.57 Å². The van der Waals surface area contributed by atoms with Gasteiger partial charge in [0.25, 0.3) is 0 Å². The Bertz CT molecular complexity index is 441. The molecule has 1 saturated carbocycles. The van der Waals surface area contributed by atoms with Crippen molar-refractivity contribution in [2.45, 2.75) is 54.4 Å². The van der Waals surface area contributed by atoms with Gasteiger partial charge in [-0.2, -0.15) is 0 Å². The zero-order valence-corrected chi connectivity index (χ0v) is 13.3. The number of hydrogen-bond donors (Lipinski definition) is 0. The van der Waals surface area contributed by atoms with Gasteiger partial charge in [0, 0.05) is 6.42 Å². The first-order valence-electron chi connectivity index (χ1n) is 7.64. The van der Waals surface area contributed by atoms with E-state index in [1.165, 1.54) is 6.42 Å². The van der Waals surface area contributed by atoms with Crippen molar-refractivity contribution in [1.29, 1.82) is 0 Å². The zero-order valence-electron chi connectivity index (χ0n) is 13.3. The smallest absolute Gasteiger partial charge is 0.157 e. The summed E-state index contributed by atoms with van der Waals surface area (Å²) in [6, 6.07) is 0. The van der Waals surface area contributed by atoms with Crippen LogP contribution in [-0.4, -0.2) is 5.78 Å². The monoisotopic (exact) mass is 260 g/mol. The third kappa shape index (κ3) is 2.11. The third-order valence-corrected chi connectivity index (χ3v) is 6.21. The van der Waals surface area contributed by atoms with Gasteiger partial charge in [-0.15, -0.1) is 0 Å². The fourth-order valence-corrected chi connectivity index (χ4v) is 4.11. The molecule has 1 fully saturated rings. The van der Waals surface area contributed by atoms with Crippen LogP contribution in [-0.2, 0) is 4.79 Å². The van der Waals surface area contributed by atoms with E-state index < -0.39 is 0 Å². The van der Waals surface area contributed by atoms with Crippen LogP contribution in [0, 0.1) is 28.6 Å². The maximum Gasteiger partial charge on any atom is 0.157 e. The second-order valence-electron chi connectivity index (χ2n) is 7.34. The Morgan fingerprint density at radius 3 is 2.58 bits per heavy atom. The molecule has 3 aliphatic carbocycles. The quantitative estimate of drug-likeness (QED) is 0.527. The molecular formula is C18H28O. The summed E-state index contributed by atoms with van der Waals surface area (Å²) in [5, 5.41) is 0. The summed E-state index contributed by atoms with van der Waals surface area (Å²) in [4.78, 5) is 11.8.